The Hall–Kier alpha value is -2.28. The first-order valence-electron chi connectivity index (χ1n) is 7.67. The van der Waals surface area contributed by atoms with Gasteiger partial charge in [0.1, 0.15) is 0 Å². The number of carbonyl (C=O) groups excluding carboxylic acids is 2. The molecular formula is C17H21N3O3S. The zero-order chi connectivity index (χ0) is 17.5. The van der Waals surface area contributed by atoms with Gasteiger partial charge in [-0.1, -0.05) is 18.2 Å². The number of benzene rings is 1. The second-order valence-corrected chi connectivity index (χ2v) is 6.12. The summed E-state index contributed by atoms with van der Waals surface area (Å²) in [5, 5.41) is 7.37. The first-order chi connectivity index (χ1) is 11.5. The normalized spacial score (nSPS) is 10.5. The van der Waals surface area contributed by atoms with E-state index >= 15 is 0 Å². The average Bonchev–Trinajstić information content (AvgIpc) is 2.84. The Morgan fingerprint density at radius 2 is 1.92 bits per heavy atom. The van der Waals surface area contributed by atoms with Crippen molar-refractivity contribution in [3.05, 3.63) is 41.7 Å². The van der Waals surface area contributed by atoms with Crippen molar-refractivity contribution in [1.29, 1.82) is 0 Å². The molecule has 0 fully saturated rings. The van der Waals surface area contributed by atoms with E-state index in [1.54, 1.807) is 11.6 Å². The van der Waals surface area contributed by atoms with E-state index < -0.39 is 0 Å². The van der Waals surface area contributed by atoms with Crippen LogP contribution in [0.1, 0.15) is 18.3 Å². The maximum Gasteiger partial charge on any atom is 0.315 e. The quantitative estimate of drug-likeness (QED) is 0.780. The van der Waals surface area contributed by atoms with Crippen molar-refractivity contribution in [3.8, 4) is 5.69 Å². The molecule has 0 aliphatic rings. The number of hydrogen-bond donors (Lipinski definition) is 1. The van der Waals surface area contributed by atoms with Crippen LogP contribution in [-0.2, 0) is 14.3 Å². The molecule has 0 radical (unpaired) electrons. The molecule has 128 valence electrons. The highest BCUT2D eigenvalue weighted by Gasteiger charge is 2.15. The van der Waals surface area contributed by atoms with Gasteiger partial charge < -0.3 is 10.1 Å². The Morgan fingerprint density at radius 3 is 2.58 bits per heavy atom. The Bertz CT molecular complexity index is 713. The minimum atomic E-state index is -0.306. The molecule has 7 heteroatoms. The molecule has 0 saturated heterocycles. The Morgan fingerprint density at radius 1 is 1.21 bits per heavy atom. The number of aryl methyl sites for hydroxylation is 1. The highest BCUT2D eigenvalue weighted by Crippen LogP contribution is 2.22. The van der Waals surface area contributed by atoms with Gasteiger partial charge in [-0.25, -0.2) is 4.68 Å². The van der Waals surface area contributed by atoms with Crippen LogP contribution >= 0.6 is 11.8 Å². The van der Waals surface area contributed by atoms with Gasteiger partial charge >= 0.3 is 5.97 Å². The molecule has 2 aromatic rings. The summed E-state index contributed by atoms with van der Waals surface area (Å²) in [4.78, 5) is 23.3. The van der Waals surface area contributed by atoms with Gasteiger partial charge in [-0.2, -0.15) is 5.10 Å². The van der Waals surface area contributed by atoms with Crippen molar-refractivity contribution < 1.29 is 14.3 Å². The molecule has 1 amide bonds. The zero-order valence-electron chi connectivity index (χ0n) is 14.0. The third-order valence-corrected chi connectivity index (χ3v) is 4.22. The highest BCUT2D eigenvalue weighted by molar-refractivity contribution is 8.00. The summed E-state index contributed by atoms with van der Waals surface area (Å²) < 4.78 is 6.63. The van der Waals surface area contributed by atoms with E-state index in [0.717, 1.165) is 17.1 Å². The second kappa shape index (κ2) is 8.54. The third kappa shape index (κ3) is 4.61. The number of esters is 1. The summed E-state index contributed by atoms with van der Waals surface area (Å²) in [6, 6.07) is 9.74. The number of carbonyl (C=O) groups is 2. The van der Waals surface area contributed by atoms with Gasteiger partial charge in [-0.15, -0.1) is 11.8 Å². The van der Waals surface area contributed by atoms with Gasteiger partial charge in [0.05, 0.1) is 40.9 Å². The van der Waals surface area contributed by atoms with Crippen LogP contribution in [0.2, 0.25) is 0 Å². The van der Waals surface area contributed by atoms with Crippen molar-refractivity contribution in [2.45, 2.75) is 20.8 Å². The summed E-state index contributed by atoms with van der Waals surface area (Å²) in [5.74, 6) is -0.112. The van der Waals surface area contributed by atoms with Crippen LogP contribution in [0.25, 0.3) is 5.69 Å². The SMILES string of the molecule is CCOC(=O)CSCC(=O)Nc1c(C)nn(-c2ccccc2)c1C. The van der Waals surface area contributed by atoms with E-state index in [1.807, 2.05) is 44.2 Å². The molecule has 1 N–H and O–H groups in total. The predicted molar refractivity (Wildman–Crippen MR) is 95.6 cm³/mol. The predicted octanol–water partition coefficient (Wildman–Crippen LogP) is 2.72. The molecular weight excluding hydrogens is 326 g/mol. The Kier molecular flexibility index (Phi) is 6.43. The fourth-order valence-electron chi connectivity index (χ4n) is 2.25. The number of para-hydroxylation sites is 1. The minimum Gasteiger partial charge on any atom is -0.465 e. The maximum absolute atomic E-state index is 12.1. The van der Waals surface area contributed by atoms with Crippen LogP contribution in [-0.4, -0.2) is 39.8 Å². The van der Waals surface area contributed by atoms with Gasteiger partial charge in [-0.05, 0) is 32.9 Å². The first-order valence-corrected chi connectivity index (χ1v) is 8.83. The number of aromatic nitrogens is 2. The number of ether oxygens (including phenoxy) is 1. The fourth-order valence-corrected chi connectivity index (χ4v) is 2.86. The van der Waals surface area contributed by atoms with Crippen LogP contribution in [0.15, 0.2) is 30.3 Å². The molecule has 6 nitrogen and oxygen atoms in total. The maximum atomic E-state index is 12.1. The molecule has 0 atom stereocenters. The van der Waals surface area contributed by atoms with Crippen LogP contribution in [0.3, 0.4) is 0 Å². The monoisotopic (exact) mass is 347 g/mol. The van der Waals surface area contributed by atoms with Crippen molar-refractivity contribution >= 4 is 29.3 Å². The lowest BCUT2D eigenvalue weighted by Gasteiger charge is -2.07. The molecule has 0 spiro atoms. The standard InChI is InChI=1S/C17H21N3O3S/c1-4-23-16(22)11-24-10-15(21)18-17-12(2)19-20(13(17)3)14-8-6-5-7-9-14/h5-9H,4,10-11H2,1-3H3,(H,18,21). The average molecular weight is 347 g/mol. The van der Waals surface area contributed by atoms with Gasteiger partial charge in [0.25, 0.3) is 0 Å². The van der Waals surface area contributed by atoms with Gasteiger partial charge in [0.15, 0.2) is 0 Å². The summed E-state index contributed by atoms with van der Waals surface area (Å²) in [7, 11) is 0. The molecule has 0 unspecified atom stereocenters. The number of anilines is 1. The molecule has 2 rings (SSSR count). The van der Waals surface area contributed by atoms with E-state index in [0.29, 0.717) is 12.3 Å². The molecule has 0 aliphatic carbocycles. The Balaban J connectivity index is 1.99. The summed E-state index contributed by atoms with van der Waals surface area (Å²) in [6.45, 7) is 5.87. The first kappa shape index (κ1) is 18.1. The van der Waals surface area contributed by atoms with Crippen molar-refractivity contribution in [1.82, 2.24) is 9.78 Å². The van der Waals surface area contributed by atoms with Crippen LogP contribution in [0.4, 0.5) is 5.69 Å². The van der Waals surface area contributed by atoms with Crippen LogP contribution < -0.4 is 5.32 Å². The van der Waals surface area contributed by atoms with Gasteiger partial charge in [0.2, 0.25) is 5.91 Å². The summed E-state index contributed by atoms with van der Waals surface area (Å²) in [5.41, 5.74) is 3.26. The van der Waals surface area contributed by atoms with Crippen molar-refractivity contribution in [3.63, 3.8) is 0 Å². The van der Waals surface area contributed by atoms with Crippen molar-refractivity contribution in [2.75, 3.05) is 23.4 Å². The van der Waals surface area contributed by atoms with E-state index in [-0.39, 0.29) is 23.4 Å². The number of rotatable bonds is 7. The van der Waals surface area contributed by atoms with Crippen LogP contribution in [0, 0.1) is 13.8 Å². The molecule has 0 aliphatic heterocycles. The van der Waals surface area contributed by atoms with Gasteiger partial charge in [0, 0.05) is 0 Å². The molecule has 0 saturated carbocycles. The lowest BCUT2D eigenvalue weighted by molar-refractivity contribution is -0.139. The number of hydrogen-bond acceptors (Lipinski definition) is 5. The topological polar surface area (TPSA) is 73.2 Å². The molecule has 24 heavy (non-hydrogen) atoms. The molecule has 0 bridgehead atoms. The second-order valence-electron chi connectivity index (χ2n) is 5.14. The molecule has 1 aromatic heterocycles. The number of nitrogens with one attached hydrogen (secondary N) is 1. The number of thioether (sulfide) groups is 1. The zero-order valence-corrected chi connectivity index (χ0v) is 14.9. The number of amides is 1. The van der Waals surface area contributed by atoms with E-state index in [1.165, 1.54) is 11.8 Å². The molecule has 1 heterocycles. The highest BCUT2D eigenvalue weighted by atomic mass is 32.2. The summed E-state index contributed by atoms with van der Waals surface area (Å²) >= 11 is 1.23. The number of nitrogens with zero attached hydrogens (tertiary/aromatic N) is 2. The smallest absolute Gasteiger partial charge is 0.315 e. The Labute approximate surface area is 145 Å². The lowest BCUT2D eigenvalue weighted by atomic mass is 10.3. The molecule has 1 aromatic carbocycles. The fraction of sp³-hybridized carbons (Fsp3) is 0.353. The largest absolute Gasteiger partial charge is 0.465 e. The minimum absolute atomic E-state index is 0.164. The van der Waals surface area contributed by atoms with Gasteiger partial charge in [-0.3, -0.25) is 9.59 Å². The lowest BCUT2D eigenvalue weighted by Crippen LogP contribution is -2.17. The van der Waals surface area contributed by atoms with E-state index in [4.69, 9.17) is 4.74 Å². The summed E-state index contributed by atoms with van der Waals surface area (Å²) in [6.07, 6.45) is 0. The van der Waals surface area contributed by atoms with E-state index in [9.17, 15) is 9.59 Å². The van der Waals surface area contributed by atoms with Crippen molar-refractivity contribution in [2.24, 2.45) is 0 Å². The van der Waals surface area contributed by atoms with Crippen LogP contribution in [0.5, 0.6) is 0 Å². The van der Waals surface area contributed by atoms with E-state index in [2.05, 4.69) is 10.4 Å². The third-order valence-electron chi connectivity index (χ3n) is 3.31.